The zero-order valence-electron chi connectivity index (χ0n) is 19.0. The van der Waals surface area contributed by atoms with Crippen LogP contribution in [0.3, 0.4) is 0 Å². The average molecular weight is 483 g/mol. The molecule has 4 nitrogen and oxygen atoms in total. The van der Waals surface area contributed by atoms with Crippen LogP contribution in [0, 0.1) is 13.8 Å². The van der Waals surface area contributed by atoms with Crippen molar-refractivity contribution in [3.05, 3.63) is 98.5 Å². The van der Waals surface area contributed by atoms with Gasteiger partial charge < -0.3 is 9.64 Å². The standard InChI is InChI=1S/C27H28Cl2N2O2/c1-19-5-3-6-20(2)26(19)33-18-21-9-11-22(12-10-21)27(32)31-15-13-30(14-16-31)17-23-24(28)7-4-8-25(23)29/h3-12H,13-18H2,1-2H3. The quantitative estimate of drug-likeness (QED) is 0.422. The summed E-state index contributed by atoms with van der Waals surface area (Å²) in [5.74, 6) is 0.987. The molecule has 0 atom stereocenters. The Morgan fingerprint density at radius 2 is 1.42 bits per heavy atom. The van der Waals surface area contributed by atoms with Crippen LogP contribution >= 0.6 is 23.2 Å². The van der Waals surface area contributed by atoms with Crippen molar-refractivity contribution in [3.63, 3.8) is 0 Å². The minimum atomic E-state index is 0.0626. The maximum Gasteiger partial charge on any atom is 0.253 e. The number of amides is 1. The number of hydrogen-bond acceptors (Lipinski definition) is 3. The van der Waals surface area contributed by atoms with Crippen molar-refractivity contribution in [3.8, 4) is 5.75 Å². The van der Waals surface area contributed by atoms with E-state index in [-0.39, 0.29) is 5.91 Å². The van der Waals surface area contributed by atoms with Crippen LogP contribution < -0.4 is 4.74 Å². The summed E-state index contributed by atoms with van der Waals surface area (Å²) in [6.07, 6.45) is 0. The number of hydrogen-bond donors (Lipinski definition) is 0. The van der Waals surface area contributed by atoms with Crippen LogP contribution in [0.25, 0.3) is 0 Å². The van der Waals surface area contributed by atoms with E-state index in [2.05, 4.69) is 4.90 Å². The zero-order chi connectivity index (χ0) is 23.4. The maximum atomic E-state index is 13.0. The number of nitrogens with zero attached hydrogens (tertiary/aromatic N) is 2. The van der Waals surface area contributed by atoms with E-state index < -0.39 is 0 Å². The second-order valence-electron chi connectivity index (χ2n) is 8.48. The predicted octanol–water partition coefficient (Wildman–Crippen LogP) is 6.15. The molecular formula is C27H28Cl2N2O2. The number of benzene rings is 3. The smallest absolute Gasteiger partial charge is 0.253 e. The van der Waals surface area contributed by atoms with Crippen molar-refractivity contribution in [1.29, 1.82) is 0 Å². The first-order chi connectivity index (χ1) is 15.9. The van der Waals surface area contributed by atoms with Crippen LogP contribution in [-0.2, 0) is 13.2 Å². The highest BCUT2D eigenvalue weighted by atomic mass is 35.5. The largest absolute Gasteiger partial charge is 0.488 e. The normalized spacial score (nSPS) is 14.4. The summed E-state index contributed by atoms with van der Waals surface area (Å²) >= 11 is 12.6. The zero-order valence-corrected chi connectivity index (χ0v) is 20.5. The van der Waals surface area contributed by atoms with E-state index in [9.17, 15) is 4.79 Å². The van der Waals surface area contributed by atoms with Crippen LogP contribution in [0.4, 0.5) is 0 Å². The highest BCUT2D eigenvalue weighted by molar-refractivity contribution is 6.35. The van der Waals surface area contributed by atoms with Crippen molar-refractivity contribution >= 4 is 29.1 Å². The minimum absolute atomic E-state index is 0.0626. The third-order valence-corrected chi connectivity index (χ3v) is 6.80. The molecule has 6 heteroatoms. The van der Waals surface area contributed by atoms with Gasteiger partial charge in [-0.3, -0.25) is 9.69 Å². The molecule has 0 spiro atoms. The van der Waals surface area contributed by atoms with Crippen LogP contribution in [0.5, 0.6) is 5.75 Å². The van der Waals surface area contributed by atoms with Gasteiger partial charge in [-0.2, -0.15) is 0 Å². The maximum absolute atomic E-state index is 13.0. The van der Waals surface area contributed by atoms with Crippen molar-refractivity contribution in [1.82, 2.24) is 9.80 Å². The second kappa shape index (κ2) is 10.6. The monoisotopic (exact) mass is 482 g/mol. The molecule has 0 radical (unpaired) electrons. The van der Waals surface area contributed by atoms with Gasteiger partial charge in [-0.25, -0.2) is 0 Å². The summed E-state index contributed by atoms with van der Waals surface area (Å²) in [4.78, 5) is 17.2. The molecule has 0 saturated carbocycles. The number of halogens is 2. The first-order valence-electron chi connectivity index (χ1n) is 11.1. The van der Waals surface area contributed by atoms with E-state index in [1.54, 1.807) is 0 Å². The Kier molecular flexibility index (Phi) is 7.59. The van der Waals surface area contributed by atoms with Crippen molar-refractivity contribution in [2.24, 2.45) is 0 Å². The first-order valence-corrected chi connectivity index (χ1v) is 11.9. The number of ether oxygens (including phenoxy) is 1. The van der Waals surface area contributed by atoms with E-state index in [1.807, 2.05) is 79.4 Å². The lowest BCUT2D eigenvalue weighted by atomic mass is 10.1. The number of aryl methyl sites for hydroxylation is 2. The van der Waals surface area contributed by atoms with E-state index in [1.165, 1.54) is 0 Å². The Morgan fingerprint density at radius 3 is 2.03 bits per heavy atom. The van der Waals surface area contributed by atoms with Gasteiger partial charge in [-0.15, -0.1) is 0 Å². The molecule has 1 saturated heterocycles. The van der Waals surface area contributed by atoms with Gasteiger partial charge in [0.25, 0.3) is 5.91 Å². The molecule has 172 valence electrons. The Labute approximate surface area is 205 Å². The van der Waals surface area contributed by atoms with Crippen LogP contribution in [-0.4, -0.2) is 41.9 Å². The lowest BCUT2D eigenvalue weighted by Gasteiger charge is -2.35. The van der Waals surface area contributed by atoms with Crippen LogP contribution in [0.2, 0.25) is 10.0 Å². The van der Waals surface area contributed by atoms with Gasteiger partial charge in [0.15, 0.2) is 0 Å². The molecule has 1 fully saturated rings. The molecule has 0 unspecified atom stereocenters. The molecule has 33 heavy (non-hydrogen) atoms. The number of rotatable bonds is 6. The molecule has 1 amide bonds. The SMILES string of the molecule is Cc1cccc(C)c1OCc1ccc(C(=O)N2CCN(Cc3c(Cl)cccc3Cl)CC2)cc1. The number of carbonyl (C=O) groups excluding carboxylic acids is 1. The summed E-state index contributed by atoms with van der Waals surface area (Å²) in [5.41, 5.74) is 4.93. The molecular weight excluding hydrogens is 455 g/mol. The predicted molar refractivity (Wildman–Crippen MR) is 134 cm³/mol. The molecule has 1 aliphatic heterocycles. The van der Waals surface area contributed by atoms with Gasteiger partial charge in [-0.05, 0) is 54.8 Å². The first kappa shape index (κ1) is 23.6. The Bertz CT molecular complexity index is 1080. The summed E-state index contributed by atoms with van der Waals surface area (Å²) < 4.78 is 6.03. The summed E-state index contributed by atoms with van der Waals surface area (Å²) in [5, 5.41) is 1.37. The average Bonchev–Trinajstić information content (AvgIpc) is 2.82. The van der Waals surface area contributed by atoms with E-state index in [0.29, 0.717) is 41.8 Å². The minimum Gasteiger partial charge on any atom is -0.488 e. The van der Waals surface area contributed by atoms with Crippen molar-refractivity contribution in [2.75, 3.05) is 26.2 Å². The van der Waals surface area contributed by atoms with Gasteiger partial charge in [0.2, 0.25) is 0 Å². The van der Waals surface area contributed by atoms with Crippen LogP contribution in [0.15, 0.2) is 60.7 Å². The lowest BCUT2D eigenvalue weighted by Crippen LogP contribution is -2.48. The highest BCUT2D eigenvalue weighted by Gasteiger charge is 2.23. The van der Waals surface area contributed by atoms with E-state index >= 15 is 0 Å². The number of piperazine rings is 1. The van der Waals surface area contributed by atoms with Gasteiger partial charge in [0.05, 0.1) is 0 Å². The highest BCUT2D eigenvalue weighted by Crippen LogP contribution is 2.26. The van der Waals surface area contributed by atoms with E-state index in [4.69, 9.17) is 27.9 Å². The Hall–Kier alpha value is -2.53. The molecule has 0 aromatic heterocycles. The lowest BCUT2D eigenvalue weighted by molar-refractivity contribution is 0.0628. The second-order valence-corrected chi connectivity index (χ2v) is 9.29. The van der Waals surface area contributed by atoms with Gasteiger partial charge in [0, 0.05) is 53.9 Å². The molecule has 0 N–H and O–H groups in total. The fraction of sp³-hybridized carbons (Fsp3) is 0.296. The molecule has 3 aromatic carbocycles. The number of para-hydroxylation sites is 1. The number of carbonyl (C=O) groups is 1. The Morgan fingerprint density at radius 1 is 0.848 bits per heavy atom. The molecule has 1 aliphatic rings. The summed E-state index contributed by atoms with van der Waals surface area (Å²) in [6.45, 7) is 8.19. The van der Waals surface area contributed by atoms with Gasteiger partial charge >= 0.3 is 0 Å². The third kappa shape index (κ3) is 5.70. The fourth-order valence-electron chi connectivity index (χ4n) is 4.12. The van der Waals surface area contributed by atoms with E-state index in [0.717, 1.165) is 41.1 Å². The molecule has 0 aliphatic carbocycles. The molecule has 0 bridgehead atoms. The van der Waals surface area contributed by atoms with Gasteiger partial charge in [-0.1, -0.05) is 59.6 Å². The van der Waals surface area contributed by atoms with Crippen molar-refractivity contribution < 1.29 is 9.53 Å². The molecule has 1 heterocycles. The molecule has 4 rings (SSSR count). The third-order valence-electron chi connectivity index (χ3n) is 6.10. The summed E-state index contributed by atoms with van der Waals surface area (Å²) in [6, 6.07) is 19.4. The molecule has 3 aromatic rings. The van der Waals surface area contributed by atoms with Crippen molar-refractivity contribution in [2.45, 2.75) is 27.0 Å². The van der Waals surface area contributed by atoms with Gasteiger partial charge in [0.1, 0.15) is 12.4 Å². The fourth-order valence-corrected chi connectivity index (χ4v) is 4.64. The topological polar surface area (TPSA) is 32.8 Å². The Balaban J connectivity index is 1.31. The van der Waals surface area contributed by atoms with Crippen LogP contribution in [0.1, 0.15) is 32.6 Å². The summed E-state index contributed by atoms with van der Waals surface area (Å²) in [7, 11) is 0.